The van der Waals surface area contributed by atoms with Gasteiger partial charge in [0.1, 0.15) is 29.4 Å². The Kier molecular flexibility index (Phi) is 13.7. The van der Waals surface area contributed by atoms with Crippen LogP contribution in [0.4, 0.5) is 8.78 Å². The van der Waals surface area contributed by atoms with E-state index in [1.54, 1.807) is 30.3 Å². The standard InChI is InChI=1S/C43H28F2O9/c1-5-40(46)53-38-25-33(26-39(54-41(47)6-2)37(38)23-20-32-18-21-34(22-19-32)51-42(48)28(3)44)17-16-31-14-12-30(13-15-31)9-8-24-50-35-10-7-11-36(27-35)52-43(49)29(4)45/h5-15,18-19,21-22,25-27H,1-4,24H2/b9-8+. The van der Waals surface area contributed by atoms with Crippen molar-refractivity contribution in [2.24, 2.45) is 0 Å². The fraction of sp³-hybridized carbons (Fsp3) is 0.0233. The van der Waals surface area contributed by atoms with Gasteiger partial charge in [-0.3, -0.25) is 0 Å². The number of rotatable bonds is 12. The monoisotopic (exact) mass is 726 g/mol. The Bertz CT molecular complexity index is 2250. The van der Waals surface area contributed by atoms with Gasteiger partial charge in [-0.25, -0.2) is 19.2 Å². The van der Waals surface area contributed by atoms with Crippen LogP contribution in [0.1, 0.15) is 27.8 Å². The van der Waals surface area contributed by atoms with Crippen LogP contribution in [0, 0.1) is 23.7 Å². The second-order valence-corrected chi connectivity index (χ2v) is 10.5. The van der Waals surface area contributed by atoms with E-state index in [1.165, 1.54) is 48.5 Å². The molecule has 0 N–H and O–H groups in total. The molecule has 11 heteroatoms. The zero-order valence-electron chi connectivity index (χ0n) is 28.4. The van der Waals surface area contributed by atoms with Gasteiger partial charge < -0.3 is 23.7 Å². The molecule has 0 saturated heterocycles. The van der Waals surface area contributed by atoms with Crippen molar-refractivity contribution < 1.29 is 51.6 Å². The maximum atomic E-state index is 13.0. The Morgan fingerprint density at radius 2 is 1.09 bits per heavy atom. The summed E-state index contributed by atoms with van der Waals surface area (Å²) < 4.78 is 52.1. The Morgan fingerprint density at radius 3 is 1.65 bits per heavy atom. The fourth-order valence-electron chi connectivity index (χ4n) is 4.09. The van der Waals surface area contributed by atoms with E-state index in [4.69, 9.17) is 23.7 Å². The Balaban J connectivity index is 1.53. The predicted molar refractivity (Wildman–Crippen MR) is 196 cm³/mol. The molecule has 4 aromatic rings. The molecule has 0 aliphatic heterocycles. The molecule has 54 heavy (non-hydrogen) atoms. The number of ether oxygens (including phenoxy) is 5. The third-order valence-electron chi connectivity index (χ3n) is 6.59. The summed E-state index contributed by atoms with van der Waals surface area (Å²) in [4.78, 5) is 47.4. The zero-order chi connectivity index (χ0) is 39.0. The third kappa shape index (κ3) is 11.9. The molecule has 0 bridgehead atoms. The Labute approximate surface area is 309 Å². The van der Waals surface area contributed by atoms with Crippen molar-refractivity contribution in [3.8, 4) is 52.4 Å². The van der Waals surface area contributed by atoms with Crippen molar-refractivity contribution >= 4 is 30.0 Å². The largest absolute Gasteiger partial charge is 0.489 e. The number of benzene rings is 4. The van der Waals surface area contributed by atoms with Crippen LogP contribution in [0.25, 0.3) is 6.08 Å². The van der Waals surface area contributed by atoms with Crippen LogP contribution in [0.2, 0.25) is 0 Å². The topological polar surface area (TPSA) is 114 Å². The molecule has 268 valence electrons. The van der Waals surface area contributed by atoms with E-state index in [0.29, 0.717) is 22.4 Å². The fourth-order valence-corrected chi connectivity index (χ4v) is 4.09. The molecule has 0 saturated carbocycles. The molecule has 0 unspecified atom stereocenters. The number of esters is 4. The van der Waals surface area contributed by atoms with E-state index >= 15 is 0 Å². The van der Waals surface area contributed by atoms with Gasteiger partial charge >= 0.3 is 23.9 Å². The van der Waals surface area contributed by atoms with Gasteiger partial charge in [-0.05, 0) is 72.3 Å². The summed E-state index contributed by atoms with van der Waals surface area (Å²) in [6, 6.07) is 22.0. The summed E-state index contributed by atoms with van der Waals surface area (Å²) in [5, 5.41) is 0. The van der Waals surface area contributed by atoms with Gasteiger partial charge in [0, 0.05) is 34.9 Å². The first-order chi connectivity index (χ1) is 25.9. The number of carbonyl (C=O) groups excluding carboxylic acids is 4. The summed E-state index contributed by atoms with van der Waals surface area (Å²) in [6.45, 7) is 12.8. The third-order valence-corrected chi connectivity index (χ3v) is 6.59. The molecular weight excluding hydrogens is 698 g/mol. The smallest absolute Gasteiger partial charge is 0.371 e. The first kappa shape index (κ1) is 39.0. The minimum atomic E-state index is -1.25. The molecule has 4 aromatic carbocycles. The summed E-state index contributed by atoms with van der Waals surface area (Å²) >= 11 is 0. The highest BCUT2D eigenvalue weighted by Gasteiger charge is 2.16. The lowest BCUT2D eigenvalue weighted by molar-refractivity contribution is -0.132. The molecule has 9 nitrogen and oxygen atoms in total. The lowest BCUT2D eigenvalue weighted by atomic mass is 10.1. The van der Waals surface area contributed by atoms with Crippen molar-refractivity contribution in [1.29, 1.82) is 0 Å². The molecule has 0 heterocycles. The second-order valence-electron chi connectivity index (χ2n) is 10.5. The van der Waals surface area contributed by atoms with Crippen LogP contribution in [0.3, 0.4) is 0 Å². The van der Waals surface area contributed by atoms with Crippen molar-refractivity contribution in [3.63, 3.8) is 0 Å². The summed E-state index contributed by atoms with van der Waals surface area (Å²) in [6.07, 6.45) is 5.48. The summed E-state index contributed by atoms with van der Waals surface area (Å²) in [7, 11) is 0. The van der Waals surface area contributed by atoms with E-state index in [0.717, 1.165) is 17.7 Å². The van der Waals surface area contributed by atoms with Crippen LogP contribution in [0.5, 0.6) is 28.7 Å². The first-order valence-electron chi connectivity index (χ1n) is 15.6. The quantitative estimate of drug-likeness (QED) is 0.0633. The van der Waals surface area contributed by atoms with Crippen LogP contribution < -0.4 is 23.7 Å². The highest BCUT2D eigenvalue weighted by Crippen LogP contribution is 2.31. The number of hydrogen-bond donors (Lipinski definition) is 0. The Morgan fingerprint density at radius 1 is 0.593 bits per heavy atom. The predicted octanol–water partition coefficient (Wildman–Crippen LogP) is 7.54. The number of hydrogen-bond acceptors (Lipinski definition) is 9. The molecular formula is C43H28F2O9. The van der Waals surface area contributed by atoms with E-state index in [-0.39, 0.29) is 35.2 Å². The minimum Gasteiger partial charge on any atom is -0.489 e. The molecule has 0 spiro atoms. The van der Waals surface area contributed by atoms with Crippen molar-refractivity contribution in [1.82, 2.24) is 0 Å². The SMILES string of the molecule is C=CC(=O)Oc1cc(C#Cc2ccc(/C=C/COc3cccc(OC(=O)C(=C)F)c3)cc2)cc(OC(=O)C=C)c1C#Cc1ccc(OC(=O)C(=C)F)cc1. The molecule has 4 rings (SSSR count). The van der Waals surface area contributed by atoms with Gasteiger partial charge in [0.15, 0.2) is 11.5 Å². The van der Waals surface area contributed by atoms with E-state index in [9.17, 15) is 28.0 Å². The van der Waals surface area contributed by atoms with Gasteiger partial charge in [0.25, 0.3) is 0 Å². The first-order valence-corrected chi connectivity index (χ1v) is 15.6. The molecule has 0 atom stereocenters. The Hall–Kier alpha value is -7.76. The highest BCUT2D eigenvalue weighted by atomic mass is 19.1. The van der Waals surface area contributed by atoms with Crippen LogP contribution in [0.15, 0.2) is 141 Å². The summed E-state index contributed by atoms with van der Waals surface area (Å²) in [5.74, 6) is 5.60. The maximum Gasteiger partial charge on any atom is 0.371 e. The van der Waals surface area contributed by atoms with Gasteiger partial charge in [0.2, 0.25) is 11.7 Å². The van der Waals surface area contributed by atoms with Gasteiger partial charge in [-0.1, -0.05) is 74.3 Å². The zero-order valence-corrected chi connectivity index (χ0v) is 28.4. The second kappa shape index (κ2) is 19.0. The van der Waals surface area contributed by atoms with Gasteiger partial charge in [-0.15, -0.1) is 0 Å². The summed E-state index contributed by atoms with van der Waals surface area (Å²) in [5.41, 5.74) is 2.25. The van der Waals surface area contributed by atoms with Crippen LogP contribution in [-0.2, 0) is 19.2 Å². The normalized spacial score (nSPS) is 9.96. The van der Waals surface area contributed by atoms with E-state index < -0.39 is 35.5 Å². The average Bonchev–Trinajstić information content (AvgIpc) is 3.16. The van der Waals surface area contributed by atoms with Gasteiger partial charge in [-0.2, -0.15) is 8.78 Å². The average molecular weight is 727 g/mol. The number of carbonyl (C=O) groups is 4. The molecule has 0 aromatic heterocycles. The lowest BCUT2D eigenvalue weighted by Crippen LogP contribution is -2.09. The van der Waals surface area contributed by atoms with Gasteiger partial charge in [0.05, 0.1) is 0 Å². The van der Waals surface area contributed by atoms with Crippen molar-refractivity contribution in [2.45, 2.75) is 0 Å². The maximum absolute atomic E-state index is 13.0. The minimum absolute atomic E-state index is 0.0366. The molecule has 0 radical (unpaired) electrons. The van der Waals surface area contributed by atoms with Crippen molar-refractivity contribution in [3.05, 3.63) is 169 Å². The molecule has 0 aliphatic rings. The van der Waals surface area contributed by atoms with Crippen LogP contribution in [-0.4, -0.2) is 30.5 Å². The molecule has 0 aliphatic carbocycles. The van der Waals surface area contributed by atoms with E-state index in [2.05, 4.69) is 50.0 Å². The van der Waals surface area contributed by atoms with Crippen LogP contribution >= 0.6 is 0 Å². The molecule has 0 fully saturated rings. The number of halogens is 2. The lowest BCUT2D eigenvalue weighted by Gasteiger charge is -2.11. The highest BCUT2D eigenvalue weighted by molar-refractivity contribution is 5.88. The van der Waals surface area contributed by atoms with Crippen molar-refractivity contribution in [2.75, 3.05) is 6.61 Å². The molecule has 0 amide bonds. The van der Waals surface area contributed by atoms with E-state index in [1.807, 2.05) is 18.2 Å².